The van der Waals surface area contributed by atoms with Gasteiger partial charge in [-0.1, -0.05) is 37.1 Å². The van der Waals surface area contributed by atoms with E-state index in [1.54, 1.807) is 0 Å². The fraction of sp³-hybridized carbons (Fsp3) is 0.556. The van der Waals surface area contributed by atoms with Crippen molar-refractivity contribution in [1.29, 1.82) is 0 Å². The van der Waals surface area contributed by atoms with Crippen LogP contribution in [0.15, 0.2) is 23.8 Å². The molecule has 1 atom stereocenters. The Morgan fingerprint density at radius 2 is 2.18 bits per heavy atom. The lowest BCUT2D eigenvalue weighted by atomic mass is 9.94. The molecule has 1 aromatic rings. The highest BCUT2D eigenvalue weighted by Crippen LogP contribution is 2.39. The van der Waals surface area contributed by atoms with Crippen LogP contribution in [0.5, 0.6) is 0 Å². The van der Waals surface area contributed by atoms with Crippen molar-refractivity contribution in [3.63, 3.8) is 0 Å². The van der Waals surface area contributed by atoms with Crippen molar-refractivity contribution in [3.05, 3.63) is 34.4 Å². The molecule has 3 nitrogen and oxygen atoms in total. The van der Waals surface area contributed by atoms with Crippen molar-refractivity contribution in [2.75, 3.05) is 30.7 Å². The van der Waals surface area contributed by atoms with E-state index in [0.29, 0.717) is 12.0 Å². The number of rotatable bonds is 4. The molecule has 0 fully saturated rings. The maximum atomic E-state index is 6.27. The van der Waals surface area contributed by atoms with Crippen LogP contribution in [0.25, 0.3) is 0 Å². The molecule has 4 heteroatoms. The van der Waals surface area contributed by atoms with Crippen LogP contribution in [-0.4, -0.2) is 24.5 Å². The Balaban J connectivity index is 2.42. The number of nitrogens with two attached hydrogens (primary N) is 1. The van der Waals surface area contributed by atoms with Gasteiger partial charge in [-0.2, -0.15) is 0 Å². The van der Waals surface area contributed by atoms with E-state index in [2.05, 4.69) is 50.1 Å². The summed E-state index contributed by atoms with van der Waals surface area (Å²) in [6, 6.07) is 4.27. The molecule has 0 saturated carbocycles. The highest BCUT2D eigenvalue weighted by Gasteiger charge is 2.27. The van der Waals surface area contributed by atoms with Crippen LogP contribution in [0.3, 0.4) is 0 Å². The molecular formula is C18H28ClN3. The lowest BCUT2D eigenvalue weighted by Gasteiger charge is -2.31. The van der Waals surface area contributed by atoms with E-state index in [-0.39, 0.29) is 0 Å². The molecule has 0 aliphatic carbocycles. The molecule has 0 radical (unpaired) electrons. The van der Waals surface area contributed by atoms with Gasteiger partial charge in [-0.15, -0.1) is 0 Å². The molecule has 1 aliphatic heterocycles. The van der Waals surface area contributed by atoms with E-state index in [1.807, 2.05) is 6.07 Å². The Morgan fingerprint density at radius 1 is 1.45 bits per heavy atom. The average molecular weight is 322 g/mol. The third-order valence-corrected chi connectivity index (χ3v) is 4.31. The highest BCUT2D eigenvalue weighted by atomic mass is 35.5. The molecule has 1 unspecified atom stereocenters. The van der Waals surface area contributed by atoms with Gasteiger partial charge in [0.2, 0.25) is 0 Å². The minimum Gasteiger partial charge on any atom is -0.397 e. The van der Waals surface area contributed by atoms with Crippen molar-refractivity contribution in [2.45, 2.75) is 40.2 Å². The summed E-state index contributed by atoms with van der Waals surface area (Å²) in [4.78, 5) is 2.53. The maximum Gasteiger partial charge on any atom is 0.0623 e. The van der Waals surface area contributed by atoms with E-state index in [4.69, 9.17) is 17.3 Å². The van der Waals surface area contributed by atoms with Gasteiger partial charge in [0.1, 0.15) is 0 Å². The highest BCUT2D eigenvalue weighted by molar-refractivity contribution is 6.31. The van der Waals surface area contributed by atoms with Crippen LogP contribution in [0, 0.1) is 5.92 Å². The summed E-state index contributed by atoms with van der Waals surface area (Å²) in [5.74, 6) is 0.616. The number of hydrogen-bond donors (Lipinski definition) is 2. The second-order valence-electron chi connectivity index (χ2n) is 6.81. The Bertz CT molecular complexity index is 548. The summed E-state index contributed by atoms with van der Waals surface area (Å²) in [6.07, 6.45) is 3.40. The van der Waals surface area contributed by atoms with Gasteiger partial charge in [0, 0.05) is 30.7 Å². The van der Waals surface area contributed by atoms with Crippen LogP contribution in [0.1, 0.15) is 45.7 Å². The summed E-state index contributed by atoms with van der Waals surface area (Å²) < 4.78 is 0. The van der Waals surface area contributed by atoms with Gasteiger partial charge in [0.05, 0.1) is 11.4 Å². The number of nitrogen functional groups attached to an aromatic ring is 1. The third-order valence-electron chi connectivity index (χ3n) is 4.09. The van der Waals surface area contributed by atoms with E-state index >= 15 is 0 Å². The molecular weight excluding hydrogens is 294 g/mol. The van der Waals surface area contributed by atoms with Crippen molar-refractivity contribution >= 4 is 23.0 Å². The summed E-state index contributed by atoms with van der Waals surface area (Å²) in [5.41, 5.74) is 10.6. The first-order valence-corrected chi connectivity index (χ1v) is 8.46. The SMILES string of the molecule is CC(C)=CCN1CCNc2c(N)cc(Cl)cc2C1CC(C)C. The fourth-order valence-corrected chi connectivity index (χ4v) is 3.27. The Kier molecular flexibility index (Phi) is 5.76. The zero-order valence-corrected chi connectivity index (χ0v) is 14.9. The molecule has 1 aliphatic rings. The van der Waals surface area contributed by atoms with Crippen LogP contribution < -0.4 is 11.1 Å². The van der Waals surface area contributed by atoms with Gasteiger partial charge in [-0.3, -0.25) is 4.90 Å². The number of hydrogen-bond acceptors (Lipinski definition) is 3. The molecule has 22 heavy (non-hydrogen) atoms. The quantitative estimate of drug-likeness (QED) is 0.623. The zero-order chi connectivity index (χ0) is 16.3. The standard InChI is InChI=1S/C18H28ClN3/c1-12(2)5-7-22-8-6-21-18-15(17(22)9-13(3)4)10-14(19)11-16(18)20/h5,10-11,13,17,21H,6-9,20H2,1-4H3. The van der Waals surface area contributed by atoms with Crippen LogP contribution >= 0.6 is 11.6 Å². The average Bonchev–Trinajstić information content (AvgIpc) is 2.57. The smallest absolute Gasteiger partial charge is 0.0623 e. The normalized spacial score (nSPS) is 18.5. The second kappa shape index (κ2) is 7.38. The van der Waals surface area contributed by atoms with Crippen LogP contribution in [-0.2, 0) is 0 Å². The monoisotopic (exact) mass is 321 g/mol. The Labute approximate surface area is 139 Å². The van der Waals surface area contributed by atoms with Crippen molar-refractivity contribution < 1.29 is 0 Å². The van der Waals surface area contributed by atoms with E-state index in [0.717, 1.165) is 42.5 Å². The minimum atomic E-state index is 0.349. The summed E-state index contributed by atoms with van der Waals surface area (Å²) >= 11 is 6.27. The number of allylic oxidation sites excluding steroid dienone is 1. The number of halogens is 1. The maximum absolute atomic E-state index is 6.27. The first kappa shape index (κ1) is 17.2. The topological polar surface area (TPSA) is 41.3 Å². The van der Waals surface area contributed by atoms with Gasteiger partial charge in [0.15, 0.2) is 0 Å². The molecule has 3 N–H and O–H groups in total. The Morgan fingerprint density at radius 3 is 2.82 bits per heavy atom. The number of nitrogens with one attached hydrogen (secondary N) is 1. The fourth-order valence-electron chi connectivity index (χ4n) is 3.03. The minimum absolute atomic E-state index is 0.349. The molecule has 0 bridgehead atoms. The zero-order valence-electron chi connectivity index (χ0n) is 14.1. The molecule has 1 aromatic carbocycles. The Hall–Kier alpha value is -1.19. The van der Waals surface area contributed by atoms with Gasteiger partial charge in [0.25, 0.3) is 0 Å². The first-order valence-electron chi connectivity index (χ1n) is 8.08. The molecule has 0 spiro atoms. The van der Waals surface area contributed by atoms with Crippen molar-refractivity contribution in [3.8, 4) is 0 Å². The number of benzene rings is 1. The van der Waals surface area contributed by atoms with E-state index in [9.17, 15) is 0 Å². The number of nitrogens with zero attached hydrogens (tertiary/aromatic N) is 1. The summed E-state index contributed by atoms with van der Waals surface area (Å²) in [6.45, 7) is 11.7. The summed E-state index contributed by atoms with van der Waals surface area (Å²) in [7, 11) is 0. The van der Waals surface area contributed by atoms with Crippen LogP contribution in [0.4, 0.5) is 11.4 Å². The number of fused-ring (bicyclic) bond motifs is 1. The van der Waals surface area contributed by atoms with Gasteiger partial charge in [-0.05, 0) is 43.9 Å². The van der Waals surface area contributed by atoms with Crippen molar-refractivity contribution in [1.82, 2.24) is 4.90 Å². The summed E-state index contributed by atoms with van der Waals surface area (Å²) in [5, 5.41) is 4.21. The first-order chi connectivity index (χ1) is 10.4. The molecule has 2 rings (SSSR count). The molecule has 0 saturated heterocycles. The van der Waals surface area contributed by atoms with E-state index < -0.39 is 0 Å². The van der Waals surface area contributed by atoms with Crippen molar-refractivity contribution in [2.24, 2.45) is 5.92 Å². The van der Waals surface area contributed by atoms with E-state index in [1.165, 1.54) is 11.1 Å². The second-order valence-corrected chi connectivity index (χ2v) is 7.24. The van der Waals surface area contributed by atoms with Crippen LogP contribution in [0.2, 0.25) is 5.02 Å². The van der Waals surface area contributed by atoms with Gasteiger partial charge in [-0.25, -0.2) is 0 Å². The van der Waals surface area contributed by atoms with Gasteiger partial charge >= 0.3 is 0 Å². The lowest BCUT2D eigenvalue weighted by Crippen LogP contribution is -2.31. The lowest BCUT2D eigenvalue weighted by molar-refractivity contribution is 0.204. The predicted octanol–water partition coefficient (Wildman–Crippen LogP) is 4.70. The molecule has 122 valence electrons. The molecule has 1 heterocycles. The molecule has 0 aromatic heterocycles. The predicted molar refractivity (Wildman–Crippen MR) is 97.6 cm³/mol. The van der Waals surface area contributed by atoms with Gasteiger partial charge < -0.3 is 11.1 Å². The third kappa shape index (κ3) is 4.17. The molecule has 0 amide bonds. The number of anilines is 2. The largest absolute Gasteiger partial charge is 0.397 e.